The van der Waals surface area contributed by atoms with Gasteiger partial charge in [0.25, 0.3) is 16.0 Å². The summed E-state index contributed by atoms with van der Waals surface area (Å²) in [4.78, 5) is 15.6. The molecule has 0 saturated heterocycles. The molecule has 126 valence electrons. The summed E-state index contributed by atoms with van der Waals surface area (Å²) in [5, 5.41) is 0. The Morgan fingerprint density at radius 3 is 2.33 bits per heavy atom. The maximum absolute atomic E-state index is 12.1. The zero-order valence-electron chi connectivity index (χ0n) is 13.0. The predicted octanol–water partition coefficient (Wildman–Crippen LogP) is 1.24. The maximum Gasteiger partial charge on any atom is 0.280 e. The van der Waals surface area contributed by atoms with E-state index in [0.29, 0.717) is 5.56 Å². The number of guanidine groups is 1. The SMILES string of the molecule is CS(=O)(=O)OCc1cc(C(=O)N=C(N)N)cc(-c2ccccc2)c1. The molecule has 1 amide bonds. The Labute approximate surface area is 140 Å². The molecule has 0 aliphatic heterocycles. The summed E-state index contributed by atoms with van der Waals surface area (Å²) >= 11 is 0. The van der Waals surface area contributed by atoms with Crippen LogP contribution < -0.4 is 11.5 Å². The van der Waals surface area contributed by atoms with E-state index in [1.165, 1.54) is 6.07 Å². The van der Waals surface area contributed by atoms with Crippen molar-refractivity contribution in [1.82, 2.24) is 0 Å². The van der Waals surface area contributed by atoms with E-state index in [4.69, 9.17) is 15.7 Å². The average molecular weight is 347 g/mol. The molecule has 24 heavy (non-hydrogen) atoms. The Morgan fingerprint density at radius 1 is 1.08 bits per heavy atom. The lowest BCUT2D eigenvalue weighted by Crippen LogP contribution is -2.24. The van der Waals surface area contributed by atoms with Crippen LogP contribution in [-0.4, -0.2) is 26.5 Å². The average Bonchev–Trinajstić information content (AvgIpc) is 2.52. The van der Waals surface area contributed by atoms with E-state index in [-0.39, 0.29) is 18.1 Å². The van der Waals surface area contributed by atoms with Crippen LogP contribution in [0.4, 0.5) is 0 Å². The zero-order valence-corrected chi connectivity index (χ0v) is 13.8. The normalized spacial score (nSPS) is 11.0. The van der Waals surface area contributed by atoms with Gasteiger partial charge in [0.1, 0.15) is 0 Å². The van der Waals surface area contributed by atoms with Gasteiger partial charge < -0.3 is 11.5 Å². The minimum Gasteiger partial charge on any atom is -0.370 e. The lowest BCUT2D eigenvalue weighted by molar-refractivity contribution is 0.100. The highest BCUT2D eigenvalue weighted by molar-refractivity contribution is 7.85. The third-order valence-electron chi connectivity index (χ3n) is 3.02. The highest BCUT2D eigenvalue weighted by atomic mass is 32.2. The van der Waals surface area contributed by atoms with Crippen LogP contribution in [-0.2, 0) is 20.9 Å². The summed E-state index contributed by atoms with van der Waals surface area (Å²) in [6.45, 7) is -0.193. The number of benzene rings is 2. The van der Waals surface area contributed by atoms with Gasteiger partial charge in [0.05, 0.1) is 12.9 Å². The topological polar surface area (TPSA) is 125 Å². The lowest BCUT2D eigenvalue weighted by atomic mass is 10.00. The highest BCUT2D eigenvalue weighted by Gasteiger charge is 2.11. The Balaban J connectivity index is 2.47. The largest absolute Gasteiger partial charge is 0.370 e. The molecule has 2 aromatic rings. The van der Waals surface area contributed by atoms with Crippen LogP contribution in [0.1, 0.15) is 15.9 Å². The lowest BCUT2D eigenvalue weighted by Gasteiger charge is -2.09. The van der Waals surface area contributed by atoms with Crippen molar-refractivity contribution < 1.29 is 17.4 Å². The molecule has 7 nitrogen and oxygen atoms in total. The quantitative estimate of drug-likeness (QED) is 0.476. The van der Waals surface area contributed by atoms with Crippen molar-refractivity contribution in [2.45, 2.75) is 6.61 Å². The molecule has 0 spiro atoms. The molecule has 2 rings (SSSR count). The number of amides is 1. The van der Waals surface area contributed by atoms with Gasteiger partial charge >= 0.3 is 0 Å². The zero-order chi connectivity index (χ0) is 17.7. The van der Waals surface area contributed by atoms with Crippen molar-refractivity contribution in [3.63, 3.8) is 0 Å². The molecule has 0 aliphatic carbocycles. The molecule has 0 bridgehead atoms. The van der Waals surface area contributed by atoms with Crippen LogP contribution in [0.5, 0.6) is 0 Å². The van der Waals surface area contributed by atoms with Gasteiger partial charge in [-0.2, -0.15) is 13.4 Å². The number of nitrogens with zero attached hydrogens (tertiary/aromatic N) is 1. The molecule has 8 heteroatoms. The van der Waals surface area contributed by atoms with Gasteiger partial charge in [-0.25, -0.2) is 0 Å². The van der Waals surface area contributed by atoms with Crippen LogP contribution >= 0.6 is 0 Å². The fourth-order valence-corrected chi connectivity index (χ4v) is 2.40. The Bertz CT molecular complexity index is 873. The summed E-state index contributed by atoms with van der Waals surface area (Å²) in [5.74, 6) is -0.965. The third-order valence-corrected chi connectivity index (χ3v) is 3.56. The van der Waals surface area contributed by atoms with Gasteiger partial charge in [0.15, 0.2) is 5.96 Å². The molecule has 0 unspecified atom stereocenters. The summed E-state index contributed by atoms with van der Waals surface area (Å²) in [6, 6.07) is 14.2. The molecule has 0 fully saturated rings. The molecule has 0 aliphatic rings. The second kappa shape index (κ2) is 7.24. The molecule has 0 saturated carbocycles. The molecule has 0 atom stereocenters. The second-order valence-electron chi connectivity index (χ2n) is 5.09. The van der Waals surface area contributed by atoms with E-state index in [9.17, 15) is 13.2 Å². The number of carbonyl (C=O) groups is 1. The van der Waals surface area contributed by atoms with Crippen molar-refractivity contribution in [3.05, 3.63) is 59.7 Å². The molecule has 0 aromatic heterocycles. The minimum atomic E-state index is -3.60. The highest BCUT2D eigenvalue weighted by Crippen LogP contribution is 2.23. The summed E-state index contributed by atoms with van der Waals surface area (Å²) in [7, 11) is -3.60. The fraction of sp³-hybridized carbons (Fsp3) is 0.125. The smallest absolute Gasteiger partial charge is 0.280 e. The monoisotopic (exact) mass is 347 g/mol. The fourth-order valence-electron chi connectivity index (χ4n) is 2.05. The van der Waals surface area contributed by atoms with Crippen LogP contribution in [0.2, 0.25) is 0 Å². The maximum atomic E-state index is 12.1. The summed E-state index contributed by atoms with van der Waals surface area (Å²) in [5.41, 5.74) is 12.8. The molecule has 0 heterocycles. The standard InChI is InChI=1S/C16H17N3O4S/c1-24(21,22)23-10-11-7-13(12-5-3-2-4-6-12)9-14(8-11)15(20)19-16(17)18/h2-9H,10H2,1H3,(H4,17,18,19,20). The van der Waals surface area contributed by atoms with Gasteiger partial charge in [-0.1, -0.05) is 30.3 Å². The van der Waals surface area contributed by atoms with Gasteiger partial charge in [-0.3, -0.25) is 8.98 Å². The number of carbonyl (C=O) groups excluding carboxylic acids is 1. The number of nitrogens with two attached hydrogens (primary N) is 2. The molecular formula is C16H17N3O4S. The molecular weight excluding hydrogens is 330 g/mol. The van der Waals surface area contributed by atoms with Gasteiger partial charge in [0.2, 0.25) is 0 Å². The Hall–Kier alpha value is -2.71. The molecule has 0 radical (unpaired) electrons. The van der Waals surface area contributed by atoms with Gasteiger partial charge in [-0.15, -0.1) is 0 Å². The summed E-state index contributed by atoms with van der Waals surface area (Å²) < 4.78 is 27.2. The first-order chi connectivity index (χ1) is 11.2. The van der Waals surface area contributed by atoms with Gasteiger partial charge in [-0.05, 0) is 34.9 Å². The number of hydrogen-bond acceptors (Lipinski definition) is 4. The molecule has 4 N–H and O–H groups in total. The van der Waals surface area contributed by atoms with Crippen molar-refractivity contribution in [2.75, 3.05) is 6.26 Å². The van der Waals surface area contributed by atoms with E-state index < -0.39 is 16.0 Å². The second-order valence-corrected chi connectivity index (χ2v) is 6.74. The summed E-state index contributed by atoms with van der Waals surface area (Å²) in [6.07, 6.45) is 0.958. The molecule has 2 aromatic carbocycles. The van der Waals surface area contributed by atoms with Crippen molar-refractivity contribution >= 4 is 22.0 Å². The first-order valence-electron chi connectivity index (χ1n) is 6.92. The van der Waals surface area contributed by atoms with Crippen LogP contribution in [0.3, 0.4) is 0 Å². The van der Waals surface area contributed by atoms with E-state index in [1.54, 1.807) is 12.1 Å². The number of rotatable bonds is 5. The van der Waals surface area contributed by atoms with E-state index >= 15 is 0 Å². The first kappa shape index (κ1) is 17.6. The van der Waals surface area contributed by atoms with E-state index in [0.717, 1.165) is 17.4 Å². The van der Waals surface area contributed by atoms with Crippen molar-refractivity contribution in [3.8, 4) is 11.1 Å². The van der Waals surface area contributed by atoms with Gasteiger partial charge in [0, 0.05) is 5.56 Å². The number of aliphatic imine (C=N–C) groups is 1. The number of hydrogen-bond donors (Lipinski definition) is 2. The Kier molecular flexibility index (Phi) is 5.32. The van der Waals surface area contributed by atoms with E-state index in [2.05, 4.69) is 4.99 Å². The van der Waals surface area contributed by atoms with Crippen LogP contribution in [0.15, 0.2) is 53.5 Å². The van der Waals surface area contributed by atoms with Crippen molar-refractivity contribution in [1.29, 1.82) is 0 Å². The van der Waals surface area contributed by atoms with Crippen molar-refractivity contribution in [2.24, 2.45) is 16.5 Å². The first-order valence-corrected chi connectivity index (χ1v) is 8.74. The van der Waals surface area contributed by atoms with E-state index in [1.807, 2.05) is 30.3 Å². The predicted molar refractivity (Wildman–Crippen MR) is 91.7 cm³/mol. The van der Waals surface area contributed by atoms with Crippen LogP contribution in [0.25, 0.3) is 11.1 Å². The van der Waals surface area contributed by atoms with Crippen LogP contribution in [0, 0.1) is 0 Å². The minimum absolute atomic E-state index is 0.193. The third kappa shape index (κ3) is 5.18. The Morgan fingerprint density at radius 2 is 1.75 bits per heavy atom.